The van der Waals surface area contributed by atoms with Crippen molar-refractivity contribution in [1.82, 2.24) is 0 Å². The number of hydrogen-bond donors (Lipinski definition) is 1. The van der Waals surface area contributed by atoms with Crippen molar-refractivity contribution < 1.29 is 4.74 Å². The maximum absolute atomic E-state index is 6.10. The summed E-state index contributed by atoms with van der Waals surface area (Å²) in [7, 11) is 0. The summed E-state index contributed by atoms with van der Waals surface area (Å²) < 4.78 is 5.67. The summed E-state index contributed by atoms with van der Waals surface area (Å²) in [4.78, 5) is 0. The van der Waals surface area contributed by atoms with Crippen LogP contribution in [-0.4, -0.2) is 13.2 Å². The van der Waals surface area contributed by atoms with Gasteiger partial charge in [0.1, 0.15) is 0 Å². The van der Waals surface area contributed by atoms with Gasteiger partial charge in [-0.25, -0.2) is 0 Å². The molecule has 0 spiro atoms. The molecule has 16 heavy (non-hydrogen) atoms. The first-order chi connectivity index (χ1) is 7.78. The van der Waals surface area contributed by atoms with Gasteiger partial charge in [-0.1, -0.05) is 31.0 Å². The molecular formula is C14H21NO. The molecule has 0 aromatic heterocycles. The Kier molecular flexibility index (Phi) is 3.49. The molecule has 1 saturated carbocycles. The van der Waals surface area contributed by atoms with Gasteiger partial charge in [0.2, 0.25) is 0 Å². The highest BCUT2D eigenvalue weighted by Crippen LogP contribution is 2.43. The second kappa shape index (κ2) is 4.88. The highest BCUT2D eigenvalue weighted by Gasteiger charge is 2.36. The maximum atomic E-state index is 6.10. The molecule has 2 heteroatoms. The standard InChI is InChI=1S/C14H21NO/c1-2-16-11-14(9-5-6-10-14)12-7-3-4-8-13(12)15/h3-4,7-8H,2,5-6,9-11,15H2,1H3. The number of nitrogen functional groups attached to an aromatic ring is 1. The van der Waals surface area contributed by atoms with Crippen molar-refractivity contribution in [3.63, 3.8) is 0 Å². The van der Waals surface area contributed by atoms with Crippen molar-refractivity contribution in [3.8, 4) is 0 Å². The zero-order valence-electron chi connectivity index (χ0n) is 10.0. The summed E-state index contributed by atoms with van der Waals surface area (Å²) in [6, 6.07) is 8.25. The molecule has 2 nitrogen and oxygen atoms in total. The van der Waals surface area contributed by atoms with Gasteiger partial charge in [0.25, 0.3) is 0 Å². The van der Waals surface area contributed by atoms with Crippen LogP contribution in [0, 0.1) is 0 Å². The first kappa shape index (κ1) is 11.5. The molecule has 1 fully saturated rings. The van der Waals surface area contributed by atoms with Gasteiger partial charge < -0.3 is 10.5 Å². The fraction of sp³-hybridized carbons (Fsp3) is 0.571. The third-order valence-electron chi connectivity index (χ3n) is 3.68. The average Bonchev–Trinajstić information content (AvgIpc) is 2.77. The normalized spacial score (nSPS) is 18.8. The number of anilines is 1. The third-order valence-corrected chi connectivity index (χ3v) is 3.68. The quantitative estimate of drug-likeness (QED) is 0.790. The second-order valence-electron chi connectivity index (χ2n) is 4.71. The first-order valence-corrected chi connectivity index (χ1v) is 6.21. The Hall–Kier alpha value is -1.02. The van der Waals surface area contributed by atoms with Gasteiger partial charge in [-0.05, 0) is 31.4 Å². The summed E-state index contributed by atoms with van der Waals surface area (Å²) in [5, 5.41) is 0. The van der Waals surface area contributed by atoms with Crippen molar-refractivity contribution in [2.45, 2.75) is 38.0 Å². The molecule has 1 aliphatic carbocycles. The van der Waals surface area contributed by atoms with E-state index in [1.54, 1.807) is 0 Å². The van der Waals surface area contributed by atoms with E-state index in [0.717, 1.165) is 18.9 Å². The summed E-state index contributed by atoms with van der Waals surface area (Å²) in [6.07, 6.45) is 5.01. The predicted molar refractivity (Wildman–Crippen MR) is 67.5 cm³/mol. The van der Waals surface area contributed by atoms with Crippen LogP contribution >= 0.6 is 0 Å². The lowest BCUT2D eigenvalue weighted by molar-refractivity contribution is 0.0938. The van der Waals surface area contributed by atoms with Gasteiger partial charge in [-0.3, -0.25) is 0 Å². The van der Waals surface area contributed by atoms with E-state index in [1.807, 2.05) is 12.1 Å². The van der Waals surface area contributed by atoms with E-state index < -0.39 is 0 Å². The van der Waals surface area contributed by atoms with Crippen LogP contribution in [-0.2, 0) is 10.2 Å². The lowest BCUT2D eigenvalue weighted by Gasteiger charge is -2.30. The highest BCUT2D eigenvalue weighted by molar-refractivity contribution is 5.51. The molecule has 0 bridgehead atoms. The molecule has 88 valence electrons. The van der Waals surface area contributed by atoms with E-state index in [9.17, 15) is 0 Å². The van der Waals surface area contributed by atoms with Crippen molar-refractivity contribution in [1.29, 1.82) is 0 Å². The Morgan fingerprint density at radius 2 is 1.94 bits per heavy atom. The number of benzene rings is 1. The second-order valence-corrected chi connectivity index (χ2v) is 4.71. The van der Waals surface area contributed by atoms with Crippen molar-refractivity contribution in [3.05, 3.63) is 29.8 Å². The summed E-state index contributed by atoms with van der Waals surface area (Å²) in [5.41, 5.74) is 8.50. The number of ether oxygens (including phenoxy) is 1. The molecule has 0 aliphatic heterocycles. The van der Waals surface area contributed by atoms with Crippen molar-refractivity contribution in [2.75, 3.05) is 18.9 Å². The van der Waals surface area contributed by atoms with Crippen LogP contribution in [0.25, 0.3) is 0 Å². The van der Waals surface area contributed by atoms with Gasteiger partial charge in [0.05, 0.1) is 6.61 Å². The van der Waals surface area contributed by atoms with E-state index >= 15 is 0 Å². The number of nitrogens with two attached hydrogens (primary N) is 1. The van der Waals surface area contributed by atoms with Gasteiger partial charge in [0, 0.05) is 17.7 Å². The molecule has 0 amide bonds. The highest BCUT2D eigenvalue weighted by atomic mass is 16.5. The summed E-state index contributed by atoms with van der Waals surface area (Å²) in [5.74, 6) is 0. The summed E-state index contributed by atoms with van der Waals surface area (Å²) >= 11 is 0. The fourth-order valence-corrected chi connectivity index (χ4v) is 2.82. The van der Waals surface area contributed by atoms with Crippen molar-refractivity contribution >= 4 is 5.69 Å². The molecule has 0 atom stereocenters. The zero-order valence-corrected chi connectivity index (χ0v) is 10.0. The van der Waals surface area contributed by atoms with Crippen LogP contribution in [0.2, 0.25) is 0 Å². The Morgan fingerprint density at radius 3 is 2.56 bits per heavy atom. The molecule has 0 unspecified atom stereocenters. The van der Waals surface area contributed by atoms with Crippen LogP contribution in [0.15, 0.2) is 24.3 Å². The van der Waals surface area contributed by atoms with E-state index in [2.05, 4.69) is 19.1 Å². The Bertz CT molecular complexity index is 342. The molecule has 1 aliphatic rings. The molecule has 0 saturated heterocycles. The van der Waals surface area contributed by atoms with Crippen LogP contribution < -0.4 is 5.73 Å². The van der Waals surface area contributed by atoms with Crippen LogP contribution in [0.5, 0.6) is 0 Å². The number of rotatable bonds is 4. The number of hydrogen-bond acceptors (Lipinski definition) is 2. The minimum atomic E-state index is 0.182. The monoisotopic (exact) mass is 219 g/mol. The fourth-order valence-electron chi connectivity index (χ4n) is 2.82. The first-order valence-electron chi connectivity index (χ1n) is 6.21. The molecule has 0 heterocycles. The van der Waals surface area contributed by atoms with Crippen molar-refractivity contribution in [2.24, 2.45) is 0 Å². The van der Waals surface area contributed by atoms with Gasteiger partial charge >= 0.3 is 0 Å². The van der Waals surface area contributed by atoms with Crippen LogP contribution in [0.1, 0.15) is 38.2 Å². The Labute approximate surface area is 97.8 Å². The Balaban J connectivity index is 2.28. The van der Waals surface area contributed by atoms with Crippen LogP contribution in [0.4, 0.5) is 5.69 Å². The average molecular weight is 219 g/mol. The molecular weight excluding hydrogens is 198 g/mol. The molecule has 0 radical (unpaired) electrons. The predicted octanol–water partition coefficient (Wildman–Crippen LogP) is 3.12. The third kappa shape index (κ3) is 2.07. The maximum Gasteiger partial charge on any atom is 0.0563 e. The zero-order chi connectivity index (χ0) is 11.4. The Morgan fingerprint density at radius 1 is 1.25 bits per heavy atom. The molecule has 1 aromatic carbocycles. The lowest BCUT2D eigenvalue weighted by Crippen LogP contribution is -2.29. The number of para-hydroxylation sites is 1. The SMILES string of the molecule is CCOCC1(c2ccccc2N)CCCC1. The lowest BCUT2D eigenvalue weighted by atomic mass is 9.79. The minimum absolute atomic E-state index is 0.182. The van der Waals surface area contributed by atoms with E-state index in [0.29, 0.717) is 0 Å². The van der Waals surface area contributed by atoms with Gasteiger partial charge in [-0.15, -0.1) is 0 Å². The molecule has 2 N–H and O–H groups in total. The smallest absolute Gasteiger partial charge is 0.0563 e. The van der Waals surface area contributed by atoms with Crippen LogP contribution in [0.3, 0.4) is 0 Å². The van der Waals surface area contributed by atoms with Gasteiger partial charge in [0.15, 0.2) is 0 Å². The topological polar surface area (TPSA) is 35.2 Å². The minimum Gasteiger partial charge on any atom is -0.398 e. The molecule has 1 aromatic rings. The van der Waals surface area contributed by atoms with E-state index in [-0.39, 0.29) is 5.41 Å². The van der Waals surface area contributed by atoms with Gasteiger partial charge in [-0.2, -0.15) is 0 Å². The molecule has 2 rings (SSSR count). The summed E-state index contributed by atoms with van der Waals surface area (Å²) in [6.45, 7) is 3.66. The van der Waals surface area contributed by atoms with E-state index in [1.165, 1.54) is 31.2 Å². The van der Waals surface area contributed by atoms with E-state index in [4.69, 9.17) is 10.5 Å². The largest absolute Gasteiger partial charge is 0.398 e.